The summed E-state index contributed by atoms with van der Waals surface area (Å²) < 4.78 is 6.43. The lowest BCUT2D eigenvalue weighted by atomic mass is 9.79. The average molecular weight is 730 g/mol. The zero-order valence-corrected chi connectivity index (χ0v) is 31.9. The molecule has 1 aromatic heterocycles. The van der Waals surface area contributed by atoms with Crippen LogP contribution in [0.3, 0.4) is 0 Å². The maximum Gasteiger partial charge on any atom is 0.137 e. The Labute approximate surface area is 332 Å². The largest absolute Gasteiger partial charge is 0.456 e. The molecule has 0 amide bonds. The third-order valence-electron chi connectivity index (χ3n) is 12.0. The zero-order chi connectivity index (χ0) is 38.1. The van der Waals surface area contributed by atoms with Crippen LogP contribution < -0.4 is 4.90 Å². The first-order valence-electron chi connectivity index (χ1n) is 19.8. The minimum atomic E-state index is -0.101. The molecule has 10 aromatic rings. The number of furan rings is 1. The Balaban J connectivity index is 1.06. The number of hydrogen-bond acceptors (Lipinski definition) is 2. The van der Waals surface area contributed by atoms with E-state index >= 15 is 0 Å². The Morgan fingerprint density at radius 2 is 1.02 bits per heavy atom. The van der Waals surface area contributed by atoms with Crippen molar-refractivity contribution in [1.82, 2.24) is 0 Å². The van der Waals surface area contributed by atoms with E-state index in [4.69, 9.17) is 4.42 Å². The van der Waals surface area contributed by atoms with Crippen molar-refractivity contribution in [1.29, 1.82) is 0 Å². The number of fused-ring (bicyclic) bond motifs is 7. The monoisotopic (exact) mass is 729 g/mol. The predicted octanol–water partition coefficient (Wildman–Crippen LogP) is 15.5. The second kappa shape index (κ2) is 13.0. The van der Waals surface area contributed by atoms with Crippen molar-refractivity contribution >= 4 is 49.8 Å². The van der Waals surface area contributed by atoms with Gasteiger partial charge in [0.05, 0.1) is 11.1 Å². The van der Waals surface area contributed by atoms with Gasteiger partial charge in [0.1, 0.15) is 11.2 Å². The molecule has 1 aliphatic rings. The molecule has 1 heterocycles. The van der Waals surface area contributed by atoms with E-state index in [2.05, 4.69) is 213 Å². The molecule has 0 unspecified atom stereocenters. The Morgan fingerprint density at radius 3 is 1.91 bits per heavy atom. The summed E-state index contributed by atoms with van der Waals surface area (Å²) in [5.41, 5.74) is 17.6. The third kappa shape index (κ3) is 5.33. The summed E-state index contributed by atoms with van der Waals surface area (Å²) >= 11 is 0. The van der Waals surface area contributed by atoms with Gasteiger partial charge in [0, 0.05) is 22.2 Å². The van der Waals surface area contributed by atoms with Crippen molar-refractivity contribution < 1.29 is 4.42 Å². The highest BCUT2D eigenvalue weighted by Crippen LogP contribution is 2.52. The molecular formula is C55H39NO. The van der Waals surface area contributed by atoms with Gasteiger partial charge in [-0.1, -0.05) is 166 Å². The highest BCUT2D eigenvalue weighted by Gasteiger charge is 2.37. The van der Waals surface area contributed by atoms with Crippen molar-refractivity contribution in [3.8, 4) is 44.5 Å². The van der Waals surface area contributed by atoms with Crippen molar-refractivity contribution in [2.45, 2.75) is 19.3 Å². The van der Waals surface area contributed by atoms with Crippen LogP contribution >= 0.6 is 0 Å². The molecule has 0 saturated carbocycles. The third-order valence-corrected chi connectivity index (χ3v) is 12.0. The molecule has 11 rings (SSSR count). The van der Waals surface area contributed by atoms with Crippen molar-refractivity contribution in [2.75, 3.05) is 4.90 Å². The van der Waals surface area contributed by atoms with Gasteiger partial charge in [-0.15, -0.1) is 0 Å². The molecule has 0 atom stereocenters. The molecule has 0 aliphatic heterocycles. The van der Waals surface area contributed by atoms with E-state index in [0.717, 1.165) is 44.6 Å². The molecular weight excluding hydrogens is 691 g/mol. The van der Waals surface area contributed by atoms with Gasteiger partial charge in [-0.2, -0.15) is 0 Å². The quantitative estimate of drug-likeness (QED) is 0.169. The molecule has 0 bridgehead atoms. The Morgan fingerprint density at radius 1 is 0.404 bits per heavy atom. The van der Waals surface area contributed by atoms with Gasteiger partial charge in [-0.05, 0) is 115 Å². The van der Waals surface area contributed by atoms with Gasteiger partial charge in [0.2, 0.25) is 0 Å². The Hall–Kier alpha value is -7.16. The Kier molecular flexibility index (Phi) is 7.55. The SMILES string of the molecule is CC1(C)c2ccccc2-c2cccc(-c3ccc(N(c4cccc(-c5cccc(-c6cccc7ccccc67)c5)c4)c4cccc5oc6ccccc6c45)cc3)c21. The van der Waals surface area contributed by atoms with Crippen molar-refractivity contribution in [3.63, 3.8) is 0 Å². The minimum absolute atomic E-state index is 0.101. The molecule has 2 heteroatoms. The highest BCUT2D eigenvalue weighted by molar-refractivity contribution is 6.13. The maximum absolute atomic E-state index is 6.43. The van der Waals surface area contributed by atoms with Crippen LogP contribution in [0.15, 0.2) is 205 Å². The van der Waals surface area contributed by atoms with Crippen molar-refractivity contribution in [3.05, 3.63) is 211 Å². The van der Waals surface area contributed by atoms with Crippen LogP contribution in [-0.2, 0) is 5.41 Å². The molecule has 57 heavy (non-hydrogen) atoms. The van der Waals surface area contributed by atoms with Crippen LogP contribution in [0.4, 0.5) is 17.1 Å². The molecule has 0 N–H and O–H groups in total. The smallest absolute Gasteiger partial charge is 0.137 e. The van der Waals surface area contributed by atoms with E-state index in [-0.39, 0.29) is 5.41 Å². The Bertz CT molecular complexity index is 3160. The number of benzene rings is 9. The van der Waals surface area contributed by atoms with E-state index in [1.807, 2.05) is 6.07 Å². The number of anilines is 3. The van der Waals surface area contributed by atoms with Crippen LogP contribution in [0.1, 0.15) is 25.0 Å². The van der Waals surface area contributed by atoms with Crippen LogP contribution in [0.25, 0.3) is 77.2 Å². The van der Waals surface area contributed by atoms with E-state index < -0.39 is 0 Å². The summed E-state index contributed by atoms with van der Waals surface area (Å²) in [6, 6.07) is 72.6. The topological polar surface area (TPSA) is 16.4 Å². The lowest BCUT2D eigenvalue weighted by Crippen LogP contribution is -2.16. The fraction of sp³-hybridized carbons (Fsp3) is 0.0545. The average Bonchev–Trinajstić information content (AvgIpc) is 3.76. The molecule has 0 radical (unpaired) electrons. The molecule has 270 valence electrons. The standard InChI is InChI=1S/C55H39NO/c1-55(2)49-26-7-5-21-46(49)47-25-12-24-45(54(47)55)37-30-32-41(33-31-37)56(50-27-13-29-52-53(50)48-22-6-8-28-51(48)57-52)42-19-10-17-39(35-42)38-16-9-18-40(34-38)44-23-11-15-36-14-3-4-20-43(36)44/h3-35H,1-2H3. The van der Waals surface area contributed by atoms with Gasteiger partial charge in [0.15, 0.2) is 0 Å². The summed E-state index contributed by atoms with van der Waals surface area (Å²) in [6.45, 7) is 4.72. The van der Waals surface area contributed by atoms with E-state index in [9.17, 15) is 0 Å². The first-order chi connectivity index (χ1) is 28.0. The first-order valence-corrected chi connectivity index (χ1v) is 19.8. The molecule has 2 nitrogen and oxygen atoms in total. The fourth-order valence-electron chi connectivity index (χ4n) is 9.42. The summed E-state index contributed by atoms with van der Waals surface area (Å²) in [6.07, 6.45) is 0. The van der Waals surface area contributed by atoms with Crippen LogP contribution in [0, 0.1) is 0 Å². The lowest BCUT2D eigenvalue weighted by Gasteiger charge is -2.27. The van der Waals surface area contributed by atoms with Gasteiger partial charge in [-0.25, -0.2) is 0 Å². The van der Waals surface area contributed by atoms with Crippen LogP contribution in [0.5, 0.6) is 0 Å². The summed E-state index contributed by atoms with van der Waals surface area (Å²) in [7, 11) is 0. The fourth-order valence-corrected chi connectivity index (χ4v) is 9.42. The number of rotatable bonds is 6. The van der Waals surface area contributed by atoms with Crippen molar-refractivity contribution in [2.24, 2.45) is 0 Å². The van der Waals surface area contributed by atoms with Gasteiger partial charge in [-0.3, -0.25) is 0 Å². The maximum atomic E-state index is 6.43. The molecule has 0 fully saturated rings. The van der Waals surface area contributed by atoms with Crippen LogP contribution in [0.2, 0.25) is 0 Å². The van der Waals surface area contributed by atoms with Gasteiger partial charge >= 0.3 is 0 Å². The summed E-state index contributed by atoms with van der Waals surface area (Å²) in [5.74, 6) is 0. The highest BCUT2D eigenvalue weighted by atomic mass is 16.3. The second-order valence-electron chi connectivity index (χ2n) is 15.7. The minimum Gasteiger partial charge on any atom is -0.456 e. The predicted molar refractivity (Wildman–Crippen MR) is 240 cm³/mol. The molecule has 0 saturated heterocycles. The van der Waals surface area contributed by atoms with Crippen LogP contribution in [-0.4, -0.2) is 0 Å². The normalized spacial score (nSPS) is 12.9. The van der Waals surface area contributed by atoms with E-state index in [0.29, 0.717) is 0 Å². The lowest BCUT2D eigenvalue weighted by molar-refractivity contribution is 0.662. The molecule has 1 aliphatic carbocycles. The second-order valence-corrected chi connectivity index (χ2v) is 15.7. The number of para-hydroxylation sites is 1. The number of nitrogens with zero attached hydrogens (tertiary/aromatic N) is 1. The summed E-state index contributed by atoms with van der Waals surface area (Å²) in [5, 5.41) is 4.70. The first kappa shape index (κ1) is 33.2. The summed E-state index contributed by atoms with van der Waals surface area (Å²) in [4.78, 5) is 2.39. The molecule has 9 aromatic carbocycles. The van der Waals surface area contributed by atoms with Gasteiger partial charge < -0.3 is 9.32 Å². The zero-order valence-electron chi connectivity index (χ0n) is 31.9. The number of hydrogen-bond donors (Lipinski definition) is 0. The van der Waals surface area contributed by atoms with Gasteiger partial charge in [0.25, 0.3) is 0 Å². The molecule has 0 spiro atoms. The van der Waals surface area contributed by atoms with E-state index in [1.165, 1.54) is 60.8 Å². The van der Waals surface area contributed by atoms with E-state index in [1.54, 1.807) is 0 Å².